The first-order valence-corrected chi connectivity index (χ1v) is 6.19. The average molecular weight is 286 g/mol. The number of nitrogens with one attached hydrogen (secondary N) is 1. The fourth-order valence-electron chi connectivity index (χ4n) is 1.37. The number of amides is 1. The highest BCUT2D eigenvalue weighted by Gasteiger charge is 2.19. The number of ether oxygens (including phenoxy) is 1. The molecule has 0 saturated carbocycles. The van der Waals surface area contributed by atoms with Crippen LogP contribution in [0.5, 0.6) is 5.75 Å². The standard InChI is InChI=1S/C13H16ClNO4/c1-7(2)19-11-5-4-9(14)6-10(11)12(16)15-8(3)13(17)18/h4-8H,1-3H3,(H,15,16)(H,17,18)/t8-/m0/s1. The molecule has 0 heterocycles. The minimum Gasteiger partial charge on any atom is -0.490 e. The molecule has 0 aliphatic heterocycles. The molecule has 1 aromatic rings. The van der Waals surface area contributed by atoms with Crippen molar-refractivity contribution in [2.24, 2.45) is 0 Å². The van der Waals surface area contributed by atoms with Crippen molar-refractivity contribution < 1.29 is 19.4 Å². The highest BCUT2D eigenvalue weighted by molar-refractivity contribution is 6.31. The van der Waals surface area contributed by atoms with E-state index in [2.05, 4.69) is 5.32 Å². The third kappa shape index (κ3) is 4.44. The van der Waals surface area contributed by atoms with E-state index in [1.165, 1.54) is 13.0 Å². The van der Waals surface area contributed by atoms with Gasteiger partial charge in [-0.3, -0.25) is 9.59 Å². The molecule has 1 rings (SSSR count). The number of hydrogen-bond donors (Lipinski definition) is 2. The molecule has 0 spiro atoms. The number of hydrogen-bond acceptors (Lipinski definition) is 3. The van der Waals surface area contributed by atoms with Crippen molar-refractivity contribution in [2.45, 2.75) is 32.9 Å². The monoisotopic (exact) mass is 285 g/mol. The van der Waals surface area contributed by atoms with Crippen LogP contribution in [0.2, 0.25) is 5.02 Å². The van der Waals surface area contributed by atoms with E-state index in [4.69, 9.17) is 21.4 Å². The van der Waals surface area contributed by atoms with Crippen LogP contribution in [0.4, 0.5) is 0 Å². The van der Waals surface area contributed by atoms with Crippen LogP contribution in [0.25, 0.3) is 0 Å². The number of aliphatic carboxylic acids is 1. The van der Waals surface area contributed by atoms with Gasteiger partial charge in [0.1, 0.15) is 11.8 Å². The average Bonchev–Trinajstić information content (AvgIpc) is 2.30. The van der Waals surface area contributed by atoms with E-state index in [1.807, 2.05) is 13.8 Å². The molecule has 2 N–H and O–H groups in total. The summed E-state index contributed by atoms with van der Waals surface area (Å²) < 4.78 is 5.50. The van der Waals surface area contributed by atoms with E-state index in [-0.39, 0.29) is 11.7 Å². The molecule has 0 aromatic heterocycles. The molecular weight excluding hydrogens is 270 g/mol. The van der Waals surface area contributed by atoms with E-state index >= 15 is 0 Å². The Labute approximate surface area is 116 Å². The predicted octanol–water partition coefficient (Wildman–Crippen LogP) is 2.33. The highest BCUT2D eigenvalue weighted by atomic mass is 35.5. The maximum absolute atomic E-state index is 12.0. The summed E-state index contributed by atoms with van der Waals surface area (Å²) in [5.74, 6) is -1.27. The molecule has 0 fully saturated rings. The predicted molar refractivity (Wildman–Crippen MR) is 71.8 cm³/mol. The summed E-state index contributed by atoms with van der Waals surface area (Å²) in [5.41, 5.74) is 0.217. The van der Waals surface area contributed by atoms with Crippen LogP contribution in [0.1, 0.15) is 31.1 Å². The Kier molecular flexibility index (Phi) is 5.18. The quantitative estimate of drug-likeness (QED) is 0.870. The van der Waals surface area contributed by atoms with E-state index < -0.39 is 17.9 Å². The van der Waals surface area contributed by atoms with Gasteiger partial charge in [0.05, 0.1) is 11.7 Å². The molecule has 1 atom stereocenters. The van der Waals surface area contributed by atoms with Gasteiger partial charge >= 0.3 is 5.97 Å². The molecule has 5 nitrogen and oxygen atoms in total. The smallest absolute Gasteiger partial charge is 0.325 e. The van der Waals surface area contributed by atoms with Crippen LogP contribution in [-0.4, -0.2) is 29.1 Å². The molecule has 1 aromatic carbocycles. The van der Waals surface area contributed by atoms with E-state index in [0.717, 1.165) is 0 Å². The van der Waals surface area contributed by atoms with Gasteiger partial charge in [-0.05, 0) is 39.0 Å². The summed E-state index contributed by atoms with van der Waals surface area (Å²) in [7, 11) is 0. The molecule has 0 bridgehead atoms. The van der Waals surface area contributed by atoms with Gasteiger partial charge in [-0.15, -0.1) is 0 Å². The maximum atomic E-state index is 12.0. The van der Waals surface area contributed by atoms with Gasteiger partial charge in [0, 0.05) is 5.02 Å². The summed E-state index contributed by atoms with van der Waals surface area (Å²) in [6, 6.07) is 3.65. The summed E-state index contributed by atoms with van der Waals surface area (Å²) in [5, 5.41) is 11.5. The summed E-state index contributed by atoms with van der Waals surface area (Å²) in [6.45, 7) is 5.04. The van der Waals surface area contributed by atoms with Crippen LogP contribution in [-0.2, 0) is 4.79 Å². The van der Waals surface area contributed by atoms with Crippen LogP contribution in [0, 0.1) is 0 Å². The second kappa shape index (κ2) is 6.43. The van der Waals surface area contributed by atoms with Gasteiger partial charge in [-0.1, -0.05) is 11.6 Å². The lowest BCUT2D eigenvalue weighted by Crippen LogP contribution is -2.38. The Hall–Kier alpha value is -1.75. The Morgan fingerprint density at radius 2 is 1.95 bits per heavy atom. The highest BCUT2D eigenvalue weighted by Crippen LogP contribution is 2.24. The van der Waals surface area contributed by atoms with Crippen LogP contribution in [0.15, 0.2) is 18.2 Å². The normalized spacial score (nSPS) is 12.1. The number of benzene rings is 1. The van der Waals surface area contributed by atoms with Gasteiger partial charge in [-0.25, -0.2) is 0 Å². The van der Waals surface area contributed by atoms with Crippen LogP contribution < -0.4 is 10.1 Å². The first-order valence-electron chi connectivity index (χ1n) is 5.81. The minimum absolute atomic E-state index is 0.107. The molecule has 6 heteroatoms. The summed E-state index contributed by atoms with van der Waals surface area (Å²) in [6.07, 6.45) is -0.107. The lowest BCUT2D eigenvalue weighted by atomic mass is 10.1. The molecule has 0 radical (unpaired) electrons. The zero-order valence-corrected chi connectivity index (χ0v) is 11.7. The first kappa shape index (κ1) is 15.3. The van der Waals surface area contributed by atoms with Gasteiger partial charge in [-0.2, -0.15) is 0 Å². The molecule has 19 heavy (non-hydrogen) atoms. The van der Waals surface area contributed by atoms with Crippen molar-refractivity contribution in [3.63, 3.8) is 0 Å². The third-order valence-electron chi connectivity index (χ3n) is 2.27. The fourth-order valence-corrected chi connectivity index (χ4v) is 1.54. The van der Waals surface area contributed by atoms with Crippen molar-refractivity contribution >= 4 is 23.5 Å². The van der Waals surface area contributed by atoms with Crippen molar-refractivity contribution in [1.82, 2.24) is 5.32 Å². The third-order valence-corrected chi connectivity index (χ3v) is 2.50. The van der Waals surface area contributed by atoms with Crippen LogP contribution in [0.3, 0.4) is 0 Å². The number of carboxylic acid groups (broad SMARTS) is 1. The fraction of sp³-hybridized carbons (Fsp3) is 0.385. The lowest BCUT2D eigenvalue weighted by molar-refractivity contribution is -0.138. The second-order valence-electron chi connectivity index (χ2n) is 4.34. The topological polar surface area (TPSA) is 75.6 Å². The van der Waals surface area contributed by atoms with Gasteiger partial charge < -0.3 is 15.2 Å². The minimum atomic E-state index is -1.11. The molecule has 104 valence electrons. The molecular formula is C13H16ClNO4. The Balaban J connectivity index is 3.00. The number of carbonyl (C=O) groups excluding carboxylic acids is 1. The molecule has 1 amide bonds. The number of rotatable bonds is 5. The molecule has 0 saturated heterocycles. The second-order valence-corrected chi connectivity index (χ2v) is 4.78. The number of carbonyl (C=O) groups is 2. The number of halogens is 1. The van der Waals surface area contributed by atoms with E-state index in [0.29, 0.717) is 10.8 Å². The Morgan fingerprint density at radius 1 is 1.32 bits per heavy atom. The van der Waals surface area contributed by atoms with Gasteiger partial charge in [0.2, 0.25) is 0 Å². The van der Waals surface area contributed by atoms with E-state index in [9.17, 15) is 9.59 Å². The summed E-state index contributed by atoms with van der Waals surface area (Å²) >= 11 is 5.84. The molecule has 0 aliphatic carbocycles. The molecule has 0 aliphatic rings. The van der Waals surface area contributed by atoms with Crippen molar-refractivity contribution in [2.75, 3.05) is 0 Å². The van der Waals surface area contributed by atoms with Crippen LogP contribution >= 0.6 is 11.6 Å². The largest absolute Gasteiger partial charge is 0.490 e. The maximum Gasteiger partial charge on any atom is 0.325 e. The van der Waals surface area contributed by atoms with Crippen molar-refractivity contribution in [3.05, 3.63) is 28.8 Å². The lowest BCUT2D eigenvalue weighted by Gasteiger charge is -2.15. The van der Waals surface area contributed by atoms with Gasteiger partial charge in [0.15, 0.2) is 0 Å². The first-order chi connectivity index (χ1) is 8.81. The van der Waals surface area contributed by atoms with Gasteiger partial charge in [0.25, 0.3) is 5.91 Å². The Morgan fingerprint density at radius 3 is 2.47 bits per heavy atom. The zero-order chi connectivity index (χ0) is 14.6. The molecule has 0 unspecified atom stereocenters. The number of carboxylic acids is 1. The Bertz CT molecular complexity index is 488. The SMILES string of the molecule is CC(C)Oc1ccc(Cl)cc1C(=O)N[C@@H](C)C(=O)O. The summed E-state index contributed by atoms with van der Waals surface area (Å²) in [4.78, 5) is 22.7. The van der Waals surface area contributed by atoms with Crippen molar-refractivity contribution in [1.29, 1.82) is 0 Å². The van der Waals surface area contributed by atoms with E-state index in [1.54, 1.807) is 12.1 Å². The van der Waals surface area contributed by atoms with Crippen molar-refractivity contribution in [3.8, 4) is 5.75 Å². The zero-order valence-electron chi connectivity index (χ0n) is 10.9.